The standard InChI is InChI=1S/C36H47N4O2.Li/c1-25(2)40-23-30(22-38-40)29-11-18-37-32(21-29)39(34(41)28-9-7-6-8-10-28)24-35-12-15-36(16-13-35,17-14-35)31-19-26(3)33(42-5)27(4)20-31;/h6,11,18-23,25,28H,7-10,12-17,24H2,1-5H3;/q-1;+1. The minimum absolute atomic E-state index is 0. The summed E-state index contributed by atoms with van der Waals surface area (Å²) in [6.45, 7) is 9.38. The molecule has 43 heavy (non-hydrogen) atoms. The van der Waals surface area contributed by atoms with E-state index in [4.69, 9.17) is 9.72 Å². The van der Waals surface area contributed by atoms with Gasteiger partial charge in [-0.1, -0.05) is 25.0 Å². The quantitative estimate of drug-likeness (QED) is 0.275. The van der Waals surface area contributed by atoms with Crippen LogP contribution in [0.2, 0.25) is 0 Å². The smallest absolute Gasteiger partial charge is 0.496 e. The molecule has 2 aromatic heterocycles. The van der Waals surface area contributed by atoms with Crippen molar-refractivity contribution in [1.29, 1.82) is 0 Å². The van der Waals surface area contributed by atoms with Crippen LogP contribution in [-0.2, 0) is 10.2 Å². The molecule has 224 valence electrons. The number of carbonyl (C=O) groups excluding carboxylic acids is 1. The molecule has 0 spiro atoms. The summed E-state index contributed by atoms with van der Waals surface area (Å²) in [7, 11) is 1.77. The van der Waals surface area contributed by atoms with Crippen molar-refractivity contribution in [1.82, 2.24) is 14.8 Å². The molecule has 0 unspecified atom stereocenters. The summed E-state index contributed by atoms with van der Waals surface area (Å²) in [4.78, 5) is 21.2. The van der Waals surface area contributed by atoms with Crippen LogP contribution in [-0.4, -0.2) is 34.3 Å². The maximum Gasteiger partial charge on any atom is 1.00 e. The van der Waals surface area contributed by atoms with Gasteiger partial charge in [-0.25, -0.2) is 4.98 Å². The monoisotopic (exact) mass is 574 g/mol. The molecule has 4 aliphatic carbocycles. The minimum Gasteiger partial charge on any atom is -0.496 e. The Bertz CT molecular complexity index is 1390. The second-order valence-corrected chi connectivity index (χ2v) is 13.7. The van der Waals surface area contributed by atoms with E-state index in [0.29, 0.717) is 6.04 Å². The Morgan fingerprint density at radius 1 is 1.05 bits per heavy atom. The molecule has 1 amide bonds. The Kier molecular flexibility index (Phi) is 9.50. The molecule has 7 rings (SSSR count). The van der Waals surface area contributed by atoms with Crippen LogP contribution in [0.25, 0.3) is 11.1 Å². The third kappa shape index (κ3) is 6.20. The van der Waals surface area contributed by atoms with Crippen molar-refractivity contribution in [3.63, 3.8) is 0 Å². The largest absolute Gasteiger partial charge is 1.00 e. The molecule has 0 N–H and O–H groups in total. The first-order valence-corrected chi connectivity index (χ1v) is 16.0. The molecule has 1 aromatic carbocycles. The Morgan fingerprint density at radius 2 is 1.70 bits per heavy atom. The van der Waals surface area contributed by atoms with Crippen molar-refractivity contribution >= 4 is 11.7 Å². The van der Waals surface area contributed by atoms with Gasteiger partial charge in [-0.05, 0) is 111 Å². The second kappa shape index (κ2) is 12.8. The van der Waals surface area contributed by atoms with Crippen LogP contribution >= 0.6 is 0 Å². The van der Waals surface area contributed by atoms with Crippen LogP contribution in [0.4, 0.5) is 5.82 Å². The number of benzene rings is 1. The van der Waals surface area contributed by atoms with Crippen molar-refractivity contribution in [2.24, 2.45) is 11.3 Å². The molecule has 4 aliphatic rings. The number of hydrogen-bond acceptors (Lipinski definition) is 4. The van der Waals surface area contributed by atoms with E-state index in [0.717, 1.165) is 74.2 Å². The molecule has 2 bridgehead atoms. The number of pyridine rings is 1. The molecule has 3 aromatic rings. The maximum absolute atomic E-state index is 14.2. The summed E-state index contributed by atoms with van der Waals surface area (Å²) >= 11 is 0. The average Bonchev–Trinajstić information content (AvgIpc) is 3.52. The van der Waals surface area contributed by atoms with Gasteiger partial charge in [0.1, 0.15) is 11.6 Å². The second-order valence-electron chi connectivity index (χ2n) is 13.7. The molecule has 2 heterocycles. The van der Waals surface area contributed by atoms with Gasteiger partial charge in [-0.3, -0.25) is 14.4 Å². The van der Waals surface area contributed by atoms with E-state index in [1.807, 2.05) is 23.1 Å². The molecule has 0 saturated heterocycles. The van der Waals surface area contributed by atoms with E-state index in [1.54, 1.807) is 7.11 Å². The zero-order valence-electron chi connectivity index (χ0n) is 27.2. The molecule has 4 saturated carbocycles. The van der Waals surface area contributed by atoms with E-state index in [2.05, 4.69) is 68.5 Å². The molecule has 0 radical (unpaired) electrons. The first-order chi connectivity index (χ1) is 20.2. The van der Waals surface area contributed by atoms with Crippen LogP contribution in [0.5, 0.6) is 5.75 Å². The van der Waals surface area contributed by atoms with Gasteiger partial charge in [-0.2, -0.15) is 17.9 Å². The van der Waals surface area contributed by atoms with Gasteiger partial charge in [0.05, 0.1) is 13.3 Å². The molecule has 0 atom stereocenters. The number of methoxy groups -OCH3 is 1. The summed E-state index contributed by atoms with van der Waals surface area (Å²) in [6.07, 6.45) is 19.2. The van der Waals surface area contributed by atoms with E-state index in [-0.39, 0.29) is 41.5 Å². The third-order valence-corrected chi connectivity index (χ3v) is 10.7. The zero-order valence-corrected chi connectivity index (χ0v) is 27.2. The number of carbonyl (C=O) groups is 1. The van der Waals surface area contributed by atoms with Crippen molar-refractivity contribution in [2.45, 2.75) is 103 Å². The van der Waals surface area contributed by atoms with Crippen molar-refractivity contribution < 1.29 is 28.4 Å². The van der Waals surface area contributed by atoms with Crippen molar-refractivity contribution in [3.05, 3.63) is 66.0 Å². The number of amides is 1. The van der Waals surface area contributed by atoms with E-state index >= 15 is 0 Å². The van der Waals surface area contributed by atoms with Crippen LogP contribution in [0.3, 0.4) is 0 Å². The summed E-state index contributed by atoms with van der Waals surface area (Å²) in [5.74, 6) is 2.15. The van der Waals surface area contributed by atoms with Crippen LogP contribution in [0.15, 0.2) is 42.9 Å². The fourth-order valence-electron chi connectivity index (χ4n) is 8.03. The fraction of sp³-hybridized carbons (Fsp3) is 0.556. The SMILES string of the molecule is COc1c(C)cc(C23CCC(CN(C(=O)C4CC[CH-]CC4)c4cc(-c5cnn(C(C)C)c5)ccn4)(CC2)CC3)cc1C.[Li+]. The number of hydrogen-bond donors (Lipinski definition) is 0. The van der Waals surface area contributed by atoms with E-state index in [9.17, 15) is 4.79 Å². The zero-order chi connectivity index (χ0) is 29.5. The molecule has 6 nitrogen and oxygen atoms in total. The van der Waals surface area contributed by atoms with E-state index in [1.165, 1.54) is 36.0 Å². The van der Waals surface area contributed by atoms with Gasteiger partial charge in [-0.15, -0.1) is 0 Å². The molecule has 4 fully saturated rings. The van der Waals surface area contributed by atoms with E-state index < -0.39 is 0 Å². The Labute approximate surface area is 270 Å². The first kappa shape index (κ1) is 31.9. The molecule has 7 heteroatoms. The number of aromatic nitrogens is 3. The number of rotatable bonds is 8. The van der Waals surface area contributed by atoms with Crippen molar-refractivity contribution in [3.8, 4) is 16.9 Å². The number of nitrogens with zero attached hydrogens (tertiary/aromatic N) is 4. The number of anilines is 1. The Morgan fingerprint density at radius 3 is 2.28 bits per heavy atom. The maximum atomic E-state index is 14.2. The molecular formula is C36H47LiN4O2. The van der Waals surface area contributed by atoms with Gasteiger partial charge in [0, 0.05) is 36.5 Å². The summed E-state index contributed by atoms with van der Waals surface area (Å²) in [5.41, 5.74) is 6.47. The van der Waals surface area contributed by atoms with Gasteiger partial charge in [0.2, 0.25) is 5.91 Å². The first-order valence-electron chi connectivity index (χ1n) is 16.0. The minimum atomic E-state index is 0. The number of fused-ring (bicyclic) bond motifs is 3. The fourth-order valence-corrected chi connectivity index (χ4v) is 8.03. The number of aryl methyl sites for hydroxylation is 2. The summed E-state index contributed by atoms with van der Waals surface area (Å²) in [6, 6.07) is 9.20. The Hall–Kier alpha value is -2.55. The molecule has 0 aliphatic heterocycles. The molecular weight excluding hydrogens is 527 g/mol. The van der Waals surface area contributed by atoms with Gasteiger partial charge >= 0.3 is 18.9 Å². The topological polar surface area (TPSA) is 60.2 Å². The Balaban J connectivity index is 0.00000368. The van der Waals surface area contributed by atoms with Crippen LogP contribution < -0.4 is 28.5 Å². The van der Waals surface area contributed by atoms with Gasteiger partial charge in [0.25, 0.3) is 0 Å². The third-order valence-electron chi connectivity index (χ3n) is 10.7. The average molecular weight is 575 g/mol. The van der Waals surface area contributed by atoms with Crippen LogP contribution in [0, 0.1) is 31.6 Å². The van der Waals surface area contributed by atoms with Gasteiger partial charge < -0.3 is 11.2 Å². The summed E-state index contributed by atoms with van der Waals surface area (Å²) < 4.78 is 7.65. The normalized spacial score (nSPS) is 23.7. The predicted octanol–water partition coefficient (Wildman–Crippen LogP) is 5.18. The predicted molar refractivity (Wildman–Crippen MR) is 169 cm³/mol. The number of ether oxygens (including phenoxy) is 1. The summed E-state index contributed by atoms with van der Waals surface area (Å²) in [5, 5.41) is 4.56. The van der Waals surface area contributed by atoms with Gasteiger partial charge in [0.15, 0.2) is 0 Å². The van der Waals surface area contributed by atoms with Crippen molar-refractivity contribution in [2.75, 3.05) is 18.6 Å². The van der Waals surface area contributed by atoms with Crippen LogP contribution in [0.1, 0.15) is 101 Å².